The van der Waals surface area contributed by atoms with Crippen LogP contribution in [0.3, 0.4) is 0 Å². The third-order valence-corrected chi connectivity index (χ3v) is 15.7. The maximum atomic E-state index is 15.8. The Morgan fingerprint density at radius 1 is 0.432 bits per heavy atom. The van der Waals surface area contributed by atoms with Crippen molar-refractivity contribution in [3.8, 4) is 50.7 Å². The zero-order chi connectivity index (χ0) is 61.2. The van der Waals surface area contributed by atoms with E-state index in [2.05, 4.69) is 170 Å². The first kappa shape index (κ1) is 50.0. The summed E-state index contributed by atoms with van der Waals surface area (Å²) < 4.78 is 78.8. The van der Waals surface area contributed by atoms with Gasteiger partial charge in [-0.1, -0.05) is 177 Å². The summed E-state index contributed by atoms with van der Waals surface area (Å²) in [5.74, 6) is 0.337. The van der Waals surface area contributed by atoms with Crippen LogP contribution in [0.15, 0.2) is 176 Å². The van der Waals surface area contributed by atoms with E-state index in [1.165, 1.54) is 12.1 Å². The molecule has 0 saturated heterocycles. The topological polar surface area (TPSA) is 33.5 Å². The van der Waals surface area contributed by atoms with E-state index in [0.29, 0.717) is 39.4 Å². The van der Waals surface area contributed by atoms with E-state index in [9.17, 15) is 5.48 Å². The quantitative estimate of drug-likeness (QED) is 0.152. The number of rotatable bonds is 8. The molecular formula is C74H76F2N4O. The lowest BCUT2D eigenvalue weighted by molar-refractivity contribution is 0.483. The highest BCUT2D eigenvalue weighted by atomic mass is 19.1. The van der Waals surface area contributed by atoms with Crippen LogP contribution >= 0.6 is 0 Å². The van der Waals surface area contributed by atoms with Crippen molar-refractivity contribution in [3.05, 3.63) is 215 Å². The molecule has 1 aliphatic rings. The Balaban J connectivity index is 1.15. The maximum absolute atomic E-state index is 15.8. The van der Waals surface area contributed by atoms with Crippen molar-refractivity contribution in [1.82, 2.24) is 9.55 Å². The van der Waals surface area contributed by atoms with Crippen molar-refractivity contribution < 1.29 is 19.0 Å². The fourth-order valence-corrected chi connectivity index (χ4v) is 11.0. The van der Waals surface area contributed by atoms with Crippen LogP contribution in [0.5, 0.6) is 11.5 Å². The Morgan fingerprint density at radius 2 is 0.975 bits per heavy atom. The van der Waals surface area contributed by atoms with E-state index in [1.807, 2.05) is 75.5 Å². The number of anilines is 4. The van der Waals surface area contributed by atoms with Gasteiger partial charge in [0.2, 0.25) is 0 Å². The minimum atomic E-state index is -0.682. The summed E-state index contributed by atoms with van der Waals surface area (Å²) in [7, 11) is 0. The number of aromatic nitrogens is 2. The standard InChI is InChI=1S/C74H76F2N4O/c1-70(2,3)50-26-24-46(25-27-50)47-36-57(43-59(37-47)81-58-28-29-61-60-20-16-17-21-64(60)80(67(61)44-58)68-41-51(30-31-77-68)71(4,5)6)78-45-79(66-23-19-18-22-65(66)78)69-62(48-32-52(72(7,8)9)38-53(33-48)73(10,11)12)39-54(74(13,14)15)40-63(69)49-34-55(75)42-56(76)35-49/h16-44H,45H2,1-15H3/i24D,25D,26D,27D. The fourth-order valence-electron chi connectivity index (χ4n) is 11.0. The zero-order valence-corrected chi connectivity index (χ0v) is 49.6. The molecule has 0 spiro atoms. The van der Waals surface area contributed by atoms with E-state index in [4.69, 9.17) is 9.72 Å². The van der Waals surface area contributed by atoms with Crippen LogP contribution in [-0.2, 0) is 27.1 Å². The van der Waals surface area contributed by atoms with Crippen LogP contribution in [0, 0.1) is 11.6 Å². The van der Waals surface area contributed by atoms with Crippen molar-refractivity contribution >= 4 is 44.6 Å². The van der Waals surface area contributed by atoms with Gasteiger partial charge in [-0.25, -0.2) is 13.8 Å². The number of para-hydroxylation sites is 3. The summed E-state index contributed by atoms with van der Waals surface area (Å²) in [6, 6.07) is 46.7. The molecule has 0 atom stereocenters. The number of hydrogen-bond acceptors (Lipinski definition) is 4. The molecule has 0 N–H and O–H groups in total. The number of hydrogen-bond donors (Lipinski definition) is 0. The average Bonchev–Trinajstić information content (AvgIpc) is 2.28. The lowest BCUT2D eigenvalue weighted by Gasteiger charge is -2.32. The minimum Gasteiger partial charge on any atom is -0.457 e. The molecule has 5 nitrogen and oxygen atoms in total. The van der Waals surface area contributed by atoms with E-state index in [-0.39, 0.29) is 58.1 Å². The zero-order valence-electron chi connectivity index (χ0n) is 53.6. The van der Waals surface area contributed by atoms with Gasteiger partial charge in [-0.3, -0.25) is 4.57 Å². The Bertz CT molecular complexity index is 4240. The summed E-state index contributed by atoms with van der Waals surface area (Å²) >= 11 is 0. The average molecular weight is 1080 g/mol. The van der Waals surface area contributed by atoms with Gasteiger partial charge >= 0.3 is 0 Å². The van der Waals surface area contributed by atoms with Crippen molar-refractivity contribution in [2.24, 2.45) is 0 Å². The maximum Gasteiger partial charge on any atom is 0.137 e. The number of ether oxygens (including phenoxy) is 1. The molecule has 8 aromatic carbocycles. The predicted octanol–water partition coefficient (Wildman–Crippen LogP) is 21.0. The van der Waals surface area contributed by atoms with Gasteiger partial charge in [-0.15, -0.1) is 0 Å². The Kier molecular flexibility index (Phi) is 12.3. The Hall–Kier alpha value is -8.03. The molecule has 0 fully saturated rings. The van der Waals surface area contributed by atoms with Crippen molar-refractivity contribution in [2.75, 3.05) is 16.5 Å². The largest absolute Gasteiger partial charge is 0.457 e. The lowest BCUT2D eigenvalue weighted by Crippen LogP contribution is -2.25. The van der Waals surface area contributed by atoms with E-state index in [0.717, 1.165) is 84.1 Å². The minimum absolute atomic E-state index is 0.103. The third-order valence-electron chi connectivity index (χ3n) is 15.7. The second-order valence-electron chi connectivity index (χ2n) is 27.1. The van der Waals surface area contributed by atoms with Gasteiger partial charge < -0.3 is 14.5 Å². The number of halogens is 2. The van der Waals surface area contributed by atoms with E-state index in [1.54, 1.807) is 6.07 Å². The van der Waals surface area contributed by atoms with Gasteiger partial charge in [-0.2, -0.15) is 0 Å². The summed E-state index contributed by atoms with van der Waals surface area (Å²) in [6.07, 6.45) is 1.86. The van der Waals surface area contributed by atoms with E-state index >= 15 is 8.78 Å². The summed E-state index contributed by atoms with van der Waals surface area (Å²) in [5.41, 5.74) is 11.6. The van der Waals surface area contributed by atoms with Gasteiger partial charge in [0.1, 0.15) is 35.6 Å². The number of fused-ring (bicyclic) bond motifs is 4. The molecule has 412 valence electrons. The van der Waals surface area contributed by atoms with Crippen LogP contribution in [0.1, 0.15) is 137 Å². The molecular weight excluding hydrogens is 999 g/mol. The van der Waals surface area contributed by atoms with Gasteiger partial charge in [0.25, 0.3) is 0 Å². The first-order valence-corrected chi connectivity index (χ1v) is 28.2. The van der Waals surface area contributed by atoms with Crippen LogP contribution in [0.2, 0.25) is 0 Å². The van der Waals surface area contributed by atoms with Gasteiger partial charge in [-0.05, 0) is 156 Å². The second kappa shape index (κ2) is 19.9. The molecule has 0 unspecified atom stereocenters. The summed E-state index contributed by atoms with van der Waals surface area (Å²) in [5, 5.41) is 2.08. The number of nitrogens with zero attached hydrogens (tertiary/aromatic N) is 4. The molecule has 81 heavy (non-hydrogen) atoms. The summed E-state index contributed by atoms with van der Waals surface area (Å²) in [6.45, 7) is 32.3. The lowest BCUT2D eigenvalue weighted by atomic mass is 9.77. The van der Waals surface area contributed by atoms with Crippen LogP contribution < -0.4 is 14.5 Å². The Morgan fingerprint density at radius 3 is 1.58 bits per heavy atom. The number of benzene rings is 8. The highest BCUT2D eigenvalue weighted by Gasteiger charge is 2.34. The monoisotopic (exact) mass is 1080 g/mol. The molecule has 10 aromatic rings. The molecule has 0 aliphatic carbocycles. The molecule has 0 radical (unpaired) electrons. The van der Waals surface area contributed by atoms with Crippen molar-refractivity contribution in [2.45, 2.75) is 131 Å². The first-order valence-electron chi connectivity index (χ1n) is 30.2. The van der Waals surface area contributed by atoms with Crippen LogP contribution in [0.4, 0.5) is 31.5 Å². The van der Waals surface area contributed by atoms with Crippen LogP contribution in [0.25, 0.3) is 61.0 Å². The molecule has 3 heterocycles. The SMILES string of the molecule is [2H]c1c([2H])c(C(C)(C)C)c([2H])c([2H])c1-c1cc(Oc2ccc3c4ccccc4n(-c4cc(C(C)(C)C)ccn4)c3c2)cc(N2CN(c3c(-c4cc(F)cc(F)c4)cc(C(C)(C)C)cc3-c3cc(C(C)(C)C)cc(C(C)(C)C)c3)c3ccccc32)c1. The predicted molar refractivity (Wildman–Crippen MR) is 337 cm³/mol. The molecule has 11 rings (SSSR count). The second-order valence-corrected chi connectivity index (χ2v) is 27.1. The summed E-state index contributed by atoms with van der Waals surface area (Å²) in [4.78, 5) is 9.30. The van der Waals surface area contributed by atoms with Gasteiger partial charge in [0, 0.05) is 52.0 Å². The van der Waals surface area contributed by atoms with Gasteiger partial charge in [0.05, 0.1) is 33.6 Å². The Labute approximate surface area is 484 Å². The molecule has 7 heteroatoms. The molecule has 2 aromatic heterocycles. The molecule has 0 bridgehead atoms. The highest BCUT2D eigenvalue weighted by molar-refractivity contribution is 6.09. The normalized spacial score (nSPS) is 14.1. The highest BCUT2D eigenvalue weighted by Crippen LogP contribution is 2.53. The van der Waals surface area contributed by atoms with E-state index < -0.39 is 17.0 Å². The molecule has 0 saturated carbocycles. The van der Waals surface area contributed by atoms with Crippen molar-refractivity contribution in [3.63, 3.8) is 0 Å². The van der Waals surface area contributed by atoms with Gasteiger partial charge in [0.15, 0.2) is 0 Å². The van der Waals surface area contributed by atoms with Crippen LogP contribution in [-0.4, -0.2) is 16.2 Å². The molecule has 1 aliphatic heterocycles. The smallest absolute Gasteiger partial charge is 0.137 e. The molecule has 0 amide bonds. The number of pyridine rings is 1. The fraction of sp³-hybridized carbons (Fsp3) is 0.284. The first-order chi connectivity index (χ1) is 39.8. The third kappa shape index (κ3) is 10.8. The van der Waals surface area contributed by atoms with Crippen molar-refractivity contribution in [1.29, 1.82) is 0 Å².